The van der Waals surface area contributed by atoms with E-state index in [4.69, 9.17) is 9.47 Å². The van der Waals surface area contributed by atoms with Gasteiger partial charge in [0.05, 0.1) is 7.11 Å². The molecule has 3 rings (SSSR count). The molecular weight excluding hydrogens is 373 g/mol. The summed E-state index contributed by atoms with van der Waals surface area (Å²) >= 11 is 0. The molecule has 3 aromatic carbocycles. The minimum atomic E-state index is -0.445. The average Bonchev–Trinajstić information content (AvgIpc) is 2.73. The van der Waals surface area contributed by atoms with Crippen LogP contribution in [0.1, 0.15) is 11.1 Å². The van der Waals surface area contributed by atoms with Gasteiger partial charge in [-0.3, -0.25) is 4.79 Å². The van der Waals surface area contributed by atoms with Gasteiger partial charge in [-0.25, -0.2) is 4.39 Å². The predicted molar refractivity (Wildman–Crippen MR) is 109 cm³/mol. The zero-order valence-electron chi connectivity index (χ0n) is 15.8. The molecule has 0 heterocycles. The van der Waals surface area contributed by atoms with Crippen molar-refractivity contribution in [1.82, 2.24) is 0 Å². The third-order valence-corrected chi connectivity index (χ3v) is 4.13. The monoisotopic (exact) mass is 393 g/mol. The summed E-state index contributed by atoms with van der Waals surface area (Å²) in [5, 5.41) is 12.6. The molecule has 0 spiro atoms. The quantitative estimate of drug-likeness (QED) is 0.568. The molecule has 0 saturated heterocycles. The lowest BCUT2D eigenvalue weighted by atomic mass is 10.1. The Bertz CT molecular complexity index is 1030. The predicted octanol–water partition coefficient (Wildman–Crippen LogP) is 4.77. The van der Waals surface area contributed by atoms with E-state index in [0.717, 1.165) is 0 Å². The van der Waals surface area contributed by atoms with Crippen LogP contribution in [-0.2, 0) is 11.4 Å². The number of phenolic OH excluding ortho intramolecular Hbond substituents is 1. The van der Waals surface area contributed by atoms with Crippen LogP contribution in [0.2, 0.25) is 0 Å². The van der Waals surface area contributed by atoms with Crippen LogP contribution in [0.25, 0.3) is 6.08 Å². The Labute approximate surface area is 168 Å². The van der Waals surface area contributed by atoms with Crippen LogP contribution in [-0.4, -0.2) is 18.1 Å². The van der Waals surface area contributed by atoms with Crippen LogP contribution < -0.4 is 14.8 Å². The van der Waals surface area contributed by atoms with Gasteiger partial charge in [-0.05, 0) is 42.0 Å². The van der Waals surface area contributed by atoms with E-state index >= 15 is 0 Å². The molecule has 0 aromatic heterocycles. The molecule has 5 nitrogen and oxygen atoms in total. The van der Waals surface area contributed by atoms with Gasteiger partial charge >= 0.3 is 0 Å². The summed E-state index contributed by atoms with van der Waals surface area (Å²) in [6.45, 7) is 0.105. The summed E-state index contributed by atoms with van der Waals surface area (Å²) in [5.41, 5.74) is 1.92. The van der Waals surface area contributed by atoms with Gasteiger partial charge in [0.15, 0.2) is 23.1 Å². The number of anilines is 1. The molecule has 0 aliphatic heterocycles. The number of carbonyl (C=O) groups excluding carboxylic acids is 1. The van der Waals surface area contributed by atoms with E-state index in [-0.39, 0.29) is 24.0 Å². The second-order valence-electron chi connectivity index (χ2n) is 6.13. The van der Waals surface area contributed by atoms with Crippen molar-refractivity contribution in [2.45, 2.75) is 6.61 Å². The van der Waals surface area contributed by atoms with E-state index in [2.05, 4.69) is 5.32 Å². The van der Waals surface area contributed by atoms with E-state index in [0.29, 0.717) is 22.6 Å². The first-order chi connectivity index (χ1) is 14.1. The molecule has 29 heavy (non-hydrogen) atoms. The number of carbonyl (C=O) groups is 1. The first-order valence-corrected chi connectivity index (χ1v) is 8.88. The van der Waals surface area contributed by atoms with Crippen LogP contribution in [0, 0.1) is 5.82 Å². The Morgan fingerprint density at radius 1 is 1.07 bits per heavy atom. The number of phenols is 1. The second-order valence-corrected chi connectivity index (χ2v) is 6.13. The summed E-state index contributed by atoms with van der Waals surface area (Å²) in [6, 6.07) is 18.1. The van der Waals surface area contributed by atoms with Gasteiger partial charge in [0, 0.05) is 17.3 Å². The smallest absolute Gasteiger partial charge is 0.248 e. The molecule has 0 atom stereocenters. The van der Waals surface area contributed by atoms with Crippen molar-refractivity contribution in [2.24, 2.45) is 0 Å². The molecule has 0 radical (unpaired) electrons. The molecule has 0 aliphatic rings. The van der Waals surface area contributed by atoms with Crippen LogP contribution in [0.5, 0.6) is 17.2 Å². The van der Waals surface area contributed by atoms with Crippen LogP contribution in [0.15, 0.2) is 72.8 Å². The van der Waals surface area contributed by atoms with Crippen LogP contribution in [0.3, 0.4) is 0 Å². The van der Waals surface area contributed by atoms with E-state index < -0.39 is 5.82 Å². The third kappa shape index (κ3) is 5.35. The third-order valence-electron chi connectivity index (χ3n) is 4.13. The second kappa shape index (κ2) is 9.41. The van der Waals surface area contributed by atoms with Gasteiger partial charge in [0.25, 0.3) is 0 Å². The van der Waals surface area contributed by atoms with Crippen molar-refractivity contribution in [3.8, 4) is 17.2 Å². The number of rotatable bonds is 7. The van der Waals surface area contributed by atoms with Gasteiger partial charge in [-0.2, -0.15) is 0 Å². The standard InChI is InChI=1S/C23H20FNO4/c1-28-22-12-10-16(14-20(22)26)11-13-23(27)25-19-8-4-2-6-17(19)15-29-21-9-5-3-7-18(21)24/h2-14,26H,15H2,1H3,(H,25,27). The fraction of sp³-hybridized carbons (Fsp3) is 0.0870. The molecule has 0 bridgehead atoms. The normalized spacial score (nSPS) is 10.7. The Hall–Kier alpha value is -3.80. The van der Waals surface area contributed by atoms with Gasteiger partial charge < -0.3 is 19.9 Å². The number of nitrogens with one attached hydrogen (secondary N) is 1. The minimum Gasteiger partial charge on any atom is -0.504 e. The summed E-state index contributed by atoms with van der Waals surface area (Å²) in [7, 11) is 1.46. The molecule has 0 unspecified atom stereocenters. The van der Waals surface area contributed by atoms with Crippen molar-refractivity contribution < 1.29 is 23.8 Å². The highest BCUT2D eigenvalue weighted by molar-refractivity contribution is 6.02. The number of hydrogen-bond donors (Lipinski definition) is 2. The Kier molecular flexibility index (Phi) is 6.47. The fourth-order valence-corrected chi connectivity index (χ4v) is 2.64. The van der Waals surface area contributed by atoms with E-state index in [9.17, 15) is 14.3 Å². The lowest BCUT2D eigenvalue weighted by Gasteiger charge is -2.12. The fourth-order valence-electron chi connectivity index (χ4n) is 2.64. The van der Waals surface area contributed by atoms with Crippen LogP contribution in [0.4, 0.5) is 10.1 Å². The van der Waals surface area contributed by atoms with E-state index in [1.54, 1.807) is 54.6 Å². The molecule has 6 heteroatoms. The topological polar surface area (TPSA) is 67.8 Å². The number of methoxy groups -OCH3 is 1. The average molecular weight is 393 g/mol. The number of halogens is 1. The highest BCUT2D eigenvalue weighted by Crippen LogP contribution is 2.26. The van der Waals surface area contributed by atoms with Gasteiger partial charge in [0.1, 0.15) is 6.61 Å². The van der Waals surface area contributed by atoms with Crippen LogP contribution >= 0.6 is 0 Å². The van der Waals surface area contributed by atoms with Gasteiger partial charge in [0.2, 0.25) is 5.91 Å². The van der Waals surface area contributed by atoms with Crippen molar-refractivity contribution in [3.05, 3.63) is 89.8 Å². The first kappa shape index (κ1) is 19.9. The highest BCUT2D eigenvalue weighted by Gasteiger charge is 2.08. The Morgan fingerprint density at radius 3 is 2.59 bits per heavy atom. The van der Waals surface area contributed by atoms with E-state index in [1.807, 2.05) is 6.07 Å². The Morgan fingerprint density at radius 2 is 1.83 bits per heavy atom. The molecule has 2 N–H and O–H groups in total. The Balaban J connectivity index is 1.66. The first-order valence-electron chi connectivity index (χ1n) is 8.88. The molecular formula is C23H20FNO4. The summed E-state index contributed by atoms with van der Waals surface area (Å²) < 4.78 is 24.2. The number of amides is 1. The maximum atomic E-state index is 13.7. The van der Waals surface area contributed by atoms with Gasteiger partial charge in [-0.15, -0.1) is 0 Å². The largest absolute Gasteiger partial charge is 0.504 e. The number of para-hydroxylation sites is 2. The number of hydrogen-bond acceptors (Lipinski definition) is 4. The summed E-state index contributed by atoms with van der Waals surface area (Å²) in [6.07, 6.45) is 2.93. The SMILES string of the molecule is COc1ccc(C=CC(=O)Nc2ccccc2COc2ccccc2F)cc1O. The summed E-state index contributed by atoms with van der Waals surface area (Å²) in [4.78, 5) is 12.3. The maximum Gasteiger partial charge on any atom is 0.248 e. The van der Waals surface area contributed by atoms with Crippen molar-refractivity contribution in [2.75, 3.05) is 12.4 Å². The zero-order valence-corrected chi connectivity index (χ0v) is 15.8. The zero-order chi connectivity index (χ0) is 20.6. The van der Waals surface area contributed by atoms with Crippen molar-refractivity contribution in [3.63, 3.8) is 0 Å². The maximum absolute atomic E-state index is 13.7. The number of ether oxygens (including phenoxy) is 2. The lowest BCUT2D eigenvalue weighted by Crippen LogP contribution is -2.11. The minimum absolute atomic E-state index is 0.00861. The lowest BCUT2D eigenvalue weighted by molar-refractivity contribution is -0.111. The van der Waals surface area contributed by atoms with Crippen molar-refractivity contribution in [1.29, 1.82) is 0 Å². The molecule has 1 amide bonds. The molecule has 148 valence electrons. The molecule has 0 fully saturated rings. The van der Waals surface area contributed by atoms with E-state index in [1.165, 1.54) is 25.3 Å². The highest BCUT2D eigenvalue weighted by atomic mass is 19.1. The number of aromatic hydroxyl groups is 1. The van der Waals surface area contributed by atoms with Crippen molar-refractivity contribution >= 4 is 17.7 Å². The van der Waals surface area contributed by atoms with Gasteiger partial charge in [-0.1, -0.05) is 36.4 Å². The molecule has 3 aromatic rings. The molecule has 0 aliphatic carbocycles. The summed E-state index contributed by atoms with van der Waals surface area (Å²) in [5.74, 6) is -0.299. The number of benzene rings is 3. The molecule has 0 saturated carbocycles.